The van der Waals surface area contributed by atoms with Gasteiger partial charge in [0.15, 0.2) is 4.34 Å². The number of nitrogens with one attached hydrogen (secondary N) is 1. The third-order valence-corrected chi connectivity index (χ3v) is 5.84. The van der Waals surface area contributed by atoms with Gasteiger partial charge in [0.25, 0.3) is 0 Å². The summed E-state index contributed by atoms with van der Waals surface area (Å²) in [4.78, 5) is 16.6. The van der Waals surface area contributed by atoms with Gasteiger partial charge in [0.1, 0.15) is 5.75 Å². The highest BCUT2D eigenvalue weighted by Crippen LogP contribution is 2.30. The number of nitrogens with zero attached hydrogens (tertiary/aromatic N) is 1. The van der Waals surface area contributed by atoms with E-state index in [0.29, 0.717) is 5.75 Å². The summed E-state index contributed by atoms with van der Waals surface area (Å²) in [6, 6.07) is 13.4. The molecule has 0 aliphatic heterocycles. The van der Waals surface area contributed by atoms with Crippen LogP contribution in [-0.2, 0) is 4.79 Å². The lowest BCUT2D eigenvalue weighted by molar-refractivity contribution is -0.113. The lowest BCUT2D eigenvalue weighted by Gasteiger charge is -2.07. The fourth-order valence-electron chi connectivity index (χ4n) is 1.98. The van der Waals surface area contributed by atoms with E-state index in [0.717, 1.165) is 30.5 Å². The van der Waals surface area contributed by atoms with E-state index >= 15 is 0 Å². The van der Waals surface area contributed by atoms with Gasteiger partial charge in [0, 0.05) is 5.69 Å². The van der Waals surface area contributed by atoms with Gasteiger partial charge in [-0.25, -0.2) is 4.98 Å². The summed E-state index contributed by atoms with van der Waals surface area (Å²) in [5.74, 6) is 0.988. The maximum atomic E-state index is 12.1. The van der Waals surface area contributed by atoms with Crippen LogP contribution in [0.5, 0.6) is 5.75 Å². The topological polar surface area (TPSA) is 51.2 Å². The second kappa shape index (κ2) is 7.33. The molecule has 0 atom stereocenters. The lowest BCUT2D eigenvalue weighted by atomic mass is 10.3. The Balaban J connectivity index is 1.60. The Morgan fingerprint density at radius 2 is 2.17 bits per heavy atom. The van der Waals surface area contributed by atoms with Crippen molar-refractivity contribution < 1.29 is 9.53 Å². The number of thiazole rings is 1. The number of ether oxygens (including phenoxy) is 1. The first kappa shape index (κ1) is 16.3. The van der Waals surface area contributed by atoms with E-state index in [1.165, 1.54) is 11.8 Å². The molecule has 0 spiro atoms. The maximum absolute atomic E-state index is 12.1. The van der Waals surface area contributed by atoms with E-state index in [9.17, 15) is 4.79 Å². The number of anilines is 1. The number of amides is 1. The summed E-state index contributed by atoms with van der Waals surface area (Å²) < 4.78 is 8.00. The first-order valence-corrected chi connectivity index (χ1v) is 9.37. The van der Waals surface area contributed by atoms with Crippen molar-refractivity contribution in [3.8, 4) is 5.75 Å². The predicted octanol–water partition coefficient (Wildman–Crippen LogP) is 4.80. The van der Waals surface area contributed by atoms with Crippen LogP contribution in [0, 0.1) is 0 Å². The smallest absolute Gasteiger partial charge is 0.234 e. The molecule has 1 amide bonds. The largest absolute Gasteiger partial charge is 0.496 e. The molecule has 0 radical (unpaired) electrons. The fourth-order valence-corrected chi connectivity index (χ4v) is 4.39. The zero-order chi connectivity index (χ0) is 16.2. The SMILES string of the molecule is COc1ccc(NC(=O)CSc2nc3ccccc3s2)cc1Br. The molecule has 3 aromatic rings. The number of carbonyl (C=O) groups is 1. The molecule has 4 nitrogen and oxygen atoms in total. The zero-order valence-electron chi connectivity index (χ0n) is 12.2. The van der Waals surface area contributed by atoms with Crippen LogP contribution in [0.1, 0.15) is 0 Å². The number of halogens is 1. The van der Waals surface area contributed by atoms with Gasteiger partial charge in [-0.05, 0) is 46.3 Å². The van der Waals surface area contributed by atoms with Gasteiger partial charge in [-0.1, -0.05) is 23.9 Å². The van der Waals surface area contributed by atoms with Gasteiger partial charge < -0.3 is 10.1 Å². The number of fused-ring (bicyclic) bond motifs is 1. The molecule has 0 unspecified atom stereocenters. The van der Waals surface area contributed by atoms with E-state index < -0.39 is 0 Å². The average molecular weight is 409 g/mol. The highest BCUT2D eigenvalue weighted by molar-refractivity contribution is 9.10. The number of aromatic nitrogens is 1. The van der Waals surface area contributed by atoms with Crippen LogP contribution in [-0.4, -0.2) is 23.8 Å². The Kier molecular flexibility index (Phi) is 5.20. The number of hydrogen-bond acceptors (Lipinski definition) is 5. The number of carbonyl (C=O) groups excluding carboxylic acids is 1. The normalized spacial score (nSPS) is 10.7. The molecule has 0 aliphatic carbocycles. The van der Waals surface area contributed by atoms with Gasteiger partial charge in [-0.15, -0.1) is 11.3 Å². The Bertz CT molecular complexity index is 818. The fraction of sp³-hybridized carbons (Fsp3) is 0.125. The summed E-state index contributed by atoms with van der Waals surface area (Å²) in [7, 11) is 1.60. The van der Waals surface area contributed by atoms with E-state index in [-0.39, 0.29) is 5.91 Å². The van der Waals surface area contributed by atoms with Crippen LogP contribution in [0.4, 0.5) is 5.69 Å². The quantitative estimate of drug-likeness (QED) is 0.616. The van der Waals surface area contributed by atoms with E-state index in [2.05, 4.69) is 26.2 Å². The van der Waals surface area contributed by atoms with Gasteiger partial charge >= 0.3 is 0 Å². The van der Waals surface area contributed by atoms with Gasteiger partial charge in [-0.3, -0.25) is 4.79 Å². The standard InChI is InChI=1S/C16H13BrN2O2S2/c1-21-13-7-6-10(8-11(13)17)18-15(20)9-22-16-19-12-4-2-3-5-14(12)23-16/h2-8H,9H2,1H3,(H,18,20). The summed E-state index contributed by atoms with van der Waals surface area (Å²) in [6.45, 7) is 0. The molecule has 3 rings (SSSR count). The molecule has 23 heavy (non-hydrogen) atoms. The zero-order valence-corrected chi connectivity index (χ0v) is 15.4. The number of para-hydroxylation sites is 1. The van der Waals surface area contributed by atoms with Gasteiger partial charge in [0.05, 0.1) is 27.6 Å². The highest BCUT2D eigenvalue weighted by atomic mass is 79.9. The van der Waals surface area contributed by atoms with Crippen molar-refractivity contribution in [2.75, 3.05) is 18.2 Å². The molecule has 0 saturated carbocycles. The highest BCUT2D eigenvalue weighted by Gasteiger charge is 2.09. The van der Waals surface area contributed by atoms with E-state index in [1.807, 2.05) is 36.4 Å². The first-order valence-electron chi connectivity index (χ1n) is 6.77. The van der Waals surface area contributed by atoms with Crippen LogP contribution in [0.15, 0.2) is 51.3 Å². The Morgan fingerprint density at radius 1 is 1.35 bits per heavy atom. The molecule has 0 bridgehead atoms. The number of thioether (sulfide) groups is 1. The molecule has 1 aromatic heterocycles. The summed E-state index contributed by atoms with van der Waals surface area (Å²) in [6.07, 6.45) is 0. The monoisotopic (exact) mass is 408 g/mol. The van der Waals surface area contributed by atoms with Crippen molar-refractivity contribution in [2.24, 2.45) is 0 Å². The number of hydrogen-bond donors (Lipinski definition) is 1. The molecule has 2 aromatic carbocycles. The van der Waals surface area contributed by atoms with Gasteiger partial charge in [-0.2, -0.15) is 0 Å². The predicted molar refractivity (Wildman–Crippen MR) is 99.7 cm³/mol. The van der Waals surface area contributed by atoms with Crippen molar-refractivity contribution in [1.29, 1.82) is 0 Å². The summed E-state index contributed by atoms with van der Waals surface area (Å²) >= 11 is 6.45. The molecule has 0 aliphatic rings. The van der Waals surface area contributed by atoms with E-state index in [1.54, 1.807) is 24.5 Å². The number of benzene rings is 2. The molecule has 0 saturated heterocycles. The first-order chi connectivity index (χ1) is 11.2. The van der Waals surface area contributed by atoms with Crippen LogP contribution < -0.4 is 10.1 Å². The van der Waals surface area contributed by atoms with E-state index in [4.69, 9.17) is 4.74 Å². The van der Waals surface area contributed by atoms with Crippen LogP contribution in [0.2, 0.25) is 0 Å². The molecule has 1 N–H and O–H groups in total. The molecule has 1 heterocycles. The van der Waals surface area contributed by atoms with Gasteiger partial charge in [0.2, 0.25) is 5.91 Å². The van der Waals surface area contributed by atoms with Crippen LogP contribution >= 0.6 is 39.0 Å². The minimum Gasteiger partial charge on any atom is -0.496 e. The molecule has 118 valence electrons. The second-order valence-electron chi connectivity index (χ2n) is 4.63. The van der Waals surface area contributed by atoms with Crippen molar-refractivity contribution in [1.82, 2.24) is 4.98 Å². The summed E-state index contributed by atoms with van der Waals surface area (Å²) in [5, 5.41) is 2.87. The second-order valence-corrected chi connectivity index (χ2v) is 7.74. The minimum atomic E-state index is -0.0636. The Hall–Kier alpha value is -1.57. The lowest BCUT2D eigenvalue weighted by Crippen LogP contribution is -2.13. The molecule has 7 heteroatoms. The van der Waals surface area contributed by atoms with Crippen molar-refractivity contribution in [3.05, 3.63) is 46.9 Å². The summed E-state index contributed by atoms with van der Waals surface area (Å²) in [5.41, 5.74) is 1.70. The minimum absolute atomic E-state index is 0.0636. The Labute approximate surface area is 150 Å². The molecular weight excluding hydrogens is 396 g/mol. The maximum Gasteiger partial charge on any atom is 0.234 e. The van der Waals surface area contributed by atoms with Crippen molar-refractivity contribution >= 4 is 60.8 Å². The molecular formula is C16H13BrN2O2S2. The Morgan fingerprint density at radius 3 is 2.91 bits per heavy atom. The molecule has 0 fully saturated rings. The van der Waals surface area contributed by atoms with Crippen LogP contribution in [0.3, 0.4) is 0 Å². The van der Waals surface area contributed by atoms with Crippen LogP contribution in [0.25, 0.3) is 10.2 Å². The third kappa shape index (κ3) is 4.04. The average Bonchev–Trinajstić information content (AvgIpc) is 2.96. The number of rotatable bonds is 5. The third-order valence-electron chi connectivity index (χ3n) is 3.04. The van der Waals surface area contributed by atoms with Crippen molar-refractivity contribution in [3.63, 3.8) is 0 Å². The van der Waals surface area contributed by atoms with Crippen molar-refractivity contribution in [2.45, 2.75) is 4.34 Å². The number of methoxy groups -OCH3 is 1.